The topological polar surface area (TPSA) is 86.0 Å². The van der Waals surface area contributed by atoms with Gasteiger partial charge in [0.1, 0.15) is 11.6 Å². The van der Waals surface area contributed by atoms with E-state index in [1.807, 2.05) is 19.9 Å². The van der Waals surface area contributed by atoms with Gasteiger partial charge in [-0.2, -0.15) is 9.78 Å². The predicted octanol–water partition coefficient (Wildman–Crippen LogP) is 3.59. The van der Waals surface area contributed by atoms with Crippen molar-refractivity contribution in [1.82, 2.24) is 14.3 Å². The average Bonchev–Trinajstić information content (AvgIpc) is 2.77. The Morgan fingerprint density at radius 1 is 0.912 bits per heavy atom. The van der Waals surface area contributed by atoms with Gasteiger partial charge < -0.3 is 5.32 Å². The zero-order valence-corrected chi connectivity index (χ0v) is 18.4. The van der Waals surface area contributed by atoms with E-state index in [1.165, 1.54) is 30.3 Å². The molecule has 0 unspecified atom stereocenters. The van der Waals surface area contributed by atoms with E-state index in [4.69, 9.17) is 0 Å². The molecular formula is C25H20F2N4O3. The van der Waals surface area contributed by atoms with Gasteiger partial charge in [0.25, 0.3) is 11.5 Å². The number of carbonyl (C=O) groups excluding carboxylic acids is 1. The third kappa shape index (κ3) is 4.83. The minimum Gasteiger partial charge on any atom is -0.320 e. The van der Waals surface area contributed by atoms with Gasteiger partial charge in [0, 0.05) is 5.69 Å². The van der Waals surface area contributed by atoms with Crippen molar-refractivity contribution in [3.8, 4) is 5.69 Å². The number of hydrogen-bond acceptors (Lipinski definition) is 4. The Bertz CT molecular complexity index is 1490. The van der Waals surface area contributed by atoms with Crippen LogP contribution < -0.4 is 16.6 Å². The van der Waals surface area contributed by atoms with Gasteiger partial charge in [-0.05, 0) is 79.1 Å². The second kappa shape index (κ2) is 9.22. The smallest absolute Gasteiger partial charge is 0.320 e. The van der Waals surface area contributed by atoms with Gasteiger partial charge in [-0.3, -0.25) is 14.2 Å². The molecule has 1 heterocycles. The molecular weight excluding hydrogens is 442 g/mol. The van der Waals surface area contributed by atoms with Gasteiger partial charge in [-0.25, -0.2) is 13.6 Å². The maximum Gasteiger partial charge on any atom is 0.352 e. The highest BCUT2D eigenvalue weighted by Crippen LogP contribution is 2.13. The largest absolute Gasteiger partial charge is 0.352 e. The summed E-state index contributed by atoms with van der Waals surface area (Å²) in [7, 11) is 0. The Morgan fingerprint density at radius 2 is 1.59 bits per heavy atom. The monoisotopic (exact) mass is 462 g/mol. The molecule has 0 aliphatic heterocycles. The van der Waals surface area contributed by atoms with Crippen LogP contribution in [0.3, 0.4) is 0 Å². The Hall–Kier alpha value is -4.40. The van der Waals surface area contributed by atoms with E-state index in [2.05, 4.69) is 10.4 Å². The average molecular weight is 462 g/mol. The van der Waals surface area contributed by atoms with Crippen molar-refractivity contribution < 1.29 is 13.6 Å². The molecule has 7 nitrogen and oxygen atoms in total. The van der Waals surface area contributed by atoms with Crippen molar-refractivity contribution in [2.75, 3.05) is 5.32 Å². The summed E-state index contributed by atoms with van der Waals surface area (Å²) >= 11 is 0. The van der Waals surface area contributed by atoms with E-state index in [-0.39, 0.29) is 12.2 Å². The first-order valence-corrected chi connectivity index (χ1v) is 10.4. The summed E-state index contributed by atoms with van der Waals surface area (Å²) in [5, 5.41) is 6.56. The van der Waals surface area contributed by atoms with Crippen molar-refractivity contribution in [2.24, 2.45) is 0 Å². The summed E-state index contributed by atoms with van der Waals surface area (Å²) in [6.45, 7) is 3.42. The Kier molecular flexibility index (Phi) is 6.18. The van der Waals surface area contributed by atoms with Crippen LogP contribution >= 0.6 is 0 Å². The molecule has 9 heteroatoms. The first-order chi connectivity index (χ1) is 16.2. The van der Waals surface area contributed by atoms with Gasteiger partial charge in [-0.15, -0.1) is 0 Å². The lowest BCUT2D eigenvalue weighted by molar-refractivity contribution is 0.101. The molecule has 0 aliphatic rings. The third-order valence-corrected chi connectivity index (χ3v) is 5.06. The second-order valence-electron chi connectivity index (χ2n) is 7.87. The number of nitrogens with one attached hydrogen (secondary N) is 1. The van der Waals surface area contributed by atoms with E-state index in [0.29, 0.717) is 11.3 Å². The van der Waals surface area contributed by atoms with Crippen LogP contribution in [0.5, 0.6) is 0 Å². The Labute approximate surface area is 192 Å². The minimum atomic E-state index is -0.936. The molecule has 0 saturated carbocycles. The van der Waals surface area contributed by atoms with E-state index in [1.54, 1.807) is 18.2 Å². The molecule has 4 aromatic rings. The summed E-state index contributed by atoms with van der Waals surface area (Å²) in [6.07, 6.45) is 0. The van der Waals surface area contributed by atoms with Crippen LogP contribution in [-0.4, -0.2) is 20.3 Å². The highest BCUT2D eigenvalue weighted by Gasteiger charge is 2.21. The van der Waals surface area contributed by atoms with E-state index < -0.39 is 34.5 Å². The minimum absolute atomic E-state index is 0.244. The number of hydrogen-bond donors (Lipinski definition) is 1. The van der Waals surface area contributed by atoms with Crippen LogP contribution in [0.25, 0.3) is 5.69 Å². The molecule has 0 saturated heterocycles. The summed E-state index contributed by atoms with van der Waals surface area (Å²) < 4.78 is 28.7. The SMILES string of the molecule is Cc1cc(C)cc(-n2nc(C(=O)Nc3ccc(F)cc3)c(=O)n(Cc3cccc(F)c3)c2=O)c1. The molecule has 34 heavy (non-hydrogen) atoms. The number of carbonyl (C=O) groups is 1. The van der Waals surface area contributed by atoms with Crippen molar-refractivity contribution in [3.05, 3.63) is 122 Å². The standard InChI is InChI=1S/C25H20F2N4O3/c1-15-10-16(2)12-21(11-15)31-25(34)30(14-17-4-3-5-19(27)13-17)24(33)22(29-31)23(32)28-20-8-6-18(26)7-9-20/h3-13H,14H2,1-2H3,(H,28,32). The van der Waals surface area contributed by atoms with Crippen LogP contribution in [0, 0.1) is 25.5 Å². The summed E-state index contributed by atoms with van der Waals surface area (Å²) in [5.41, 5.74) is 0.418. The molecule has 0 bridgehead atoms. The molecule has 0 radical (unpaired) electrons. The molecule has 0 fully saturated rings. The predicted molar refractivity (Wildman–Crippen MR) is 123 cm³/mol. The lowest BCUT2D eigenvalue weighted by Crippen LogP contribution is -2.45. The first kappa shape index (κ1) is 22.8. The third-order valence-electron chi connectivity index (χ3n) is 5.06. The Balaban J connectivity index is 1.87. The molecule has 1 N–H and O–H groups in total. The van der Waals surface area contributed by atoms with Crippen LogP contribution in [0.4, 0.5) is 14.5 Å². The summed E-state index contributed by atoms with van der Waals surface area (Å²) in [4.78, 5) is 39.4. The molecule has 172 valence electrons. The first-order valence-electron chi connectivity index (χ1n) is 10.4. The van der Waals surface area contributed by atoms with Gasteiger partial charge >= 0.3 is 5.69 Å². The van der Waals surface area contributed by atoms with Gasteiger partial charge in [-0.1, -0.05) is 18.2 Å². The molecule has 1 aromatic heterocycles. The number of benzene rings is 3. The number of halogens is 2. The Morgan fingerprint density at radius 3 is 2.24 bits per heavy atom. The zero-order chi connectivity index (χ0) is 24.4. The number of aromatic nitrogens is 3. The number of nitrogens with zero attached hydrogens (tertiary/aromatic N) is 3. The molecule has 0 spiro atoms. The van der Waals surface area contributed by atoms with Crippen LogP contribution in [0.15, 0.2) is 76.3 Å². The summed E-state index contributed by atoms with van der Waals surface area (Å²) in [6, 6.07) is 15.7. The van der Waals surface area contributed by atoms with E-state index >= 15 is 0 Å². The van der Waals surface area contributed by atoms with Gasteiger partial charge in [0.05, 0.1) is 12.2 Å². The normalized spacial score (nSPS) is 10.8. The highest BCUT2D eigenvalue weighted by molar-refractivity contribution is 6.02. The lowest BCUT2D eigenvalue weighted by atomic mass is 10.1. The van der Waals surface area contributed by atoms with Gasteiger partial charge in [0.2, 0.25) is 5.69 Å². The number of aryl methyl sites for hydroxylation is 2. The molecule has 1 amide bonds. The van der Waals surface area contributed by atoms with Crippen molar-refractivity contribution in [2.45, 2.75) is 20.4 Å². The molecule has 4 rings (SSSR count). The maximum atomic E-state index is 13.7. The molecule has 0 atom stereocenters. The van der Waals surface area contributed by atoms with E-state index in [0.717, 1.165) is 32.5 Å². The lowest BCUT2D eigenvalue weighted by Gasteiger charge is -2.13. The fourth-order valence-electron chi connectivity index (χ4n) is 3.58. The van der Waals surface area contributed by atoms with Crippen LogP contribution in [-0.2, 0) is 6.54 Å². The highest BCUT2D eigenvalue weighted by atomic mass is 19.1. The molecule has 3 aromatic carbocycles. The van der Waals surface area contributed by atoms with Crippen molar-refractivity contribution >= 4 is 11.6 Å². The second-order valence-corrected chi connectivity index (χ2v) is 7.87. The van der Waals surface area contributed by atoms with Gasteiger partial charge in [0.15, 0.2) is 0 Å². The number of amides is 1. The van der Waals surface area contributed by atoms with E-state index in [9.17, 15) is 23.2 Å². The fourth-order valence-corrected chi connectivity index (χ4v) is 3.58. The zero-order valence-electron chi connectivity index (χ0n) is 18.4. The maximum absolute atomic E-state index is 13.7. The van der Waals surface area contributed by atoms with Crippen LogP contribution in [0.1, 0.15) is 27.2 Å². The molecule has 0 aliphatic carbocycles. The van der Waals surface area contributed by atoms with Crippen molar-refractivity contribution in [1.29, 1.82) is 0 Å². The summed E-state index contributed by atoms with van der Waals surface area (Å²) in [5.74, 6) is -1.89. The quantitative estimate of drug-likeness (QED) is 0.491. The van der Waals surface area contributed by atoms with Crippen LogP contribution in [0.2, 0.25) is 0 Å². The fraction of sp³-hybridized carbons (Fsp3) is 0.120. The number of anilines is 1. The van der Waals surface area contributed by atoms with Crippen molar-refractivity contribution in [3.63, 3.8) is 0 Å². The number of rotatable bonds is 5.